The highest BCUT2D eigenvalue weighted by molar-refractivity contribution is 6.02. The number of carboxylic acid groups (broad SMARTS) is 1. The number of aromatic nitrogens is 2. The molecule has 0 unspecified atom stereocenters. The predicted octanol–water partition coefficient (Wildman–Crippen LogP) is 0.0936. The van der Waals surface area contributed by atoms with Crippen molar-refractivity contribution in [3.8, 4) is 6.07 Å². The Labute approximate surface area is 91.3 Å². The van der Waals surface area contributed by atoms with Crippen molar-refractivity contribution < 1.29 is 14.7 Å². The molecule has 2 N–H and O–H groups in total. The second-order valence-electron chi connectivity index (χ2n) is 3.07. The summed E-state index contributed by atoms with van der Waals surface area (Å²) in [5.41, 5.74) is -0.387. The van der Waals surface area contributed by atoms with Crippen LogP contribution >= 0.6 is 0 Å². The number of hydrogen-bond acceptors (Lipinski definition) is 4. The van der Waals surface area contributed by atoms with Crippen LogP contribution in [-0.4, -0.2) is 45.4 Å². The maximum atomic E-state index is 11.7. The molecule has 0 saturated carbocycles. The molecule has 0 aliphatic rings. The Balaban J connectivity index is 2.84. The normalized spacial score (nSPS) is 9.50. The van der Waals surface area contributed by atoms with Crippen LogP contribution in [0.15, 0.2) is 6.33 Å². The molecule has 1 aromatic heterocycles. The lowest BCUT2D eigenvalue weighted by molar-refractivity contribution is 0.0675. The van der Waals surface area contributed by atoms with Crippen molar-refractivity contribution in [1.82, 2.24) is 14.9 Å². The number of nitrogens with one attached hydrogen (secondary N) is 1. The molecule has 0 radical (unpaired) electrons. The van der Waals surface area contributed by atoms with Gasteiger partial charge in [-0.05, 0) is 0 Å². The zero-order valence-electron chi connectivity index (χ0n) is 8.60. The van der Waals surface area contributed by atoms with Crippen molar-refractivity contribution in [2.75, 3.05) is 13.6 Å². The minimum absolute atomic E-state index is 0.145. The van der Waals surface area contributed by atoms with Crippen molar-refractivity contribution in [2.45, 2.75) is 6.42 Å². The van der Waals surface area contributed by atoms with Gasteiger partial charge in [0.2, 0.25) is 0 Å². The lowest BCUT2D eigenvalue weighted by atomic mass is 10.3. The molecule has 7 nitrogen and oxygen atoms in total. The van der Waals surface area contributed by atoms with E-state index < -0.39 is 11.9 Å². The monoisotopic (exact) mass is 222 g/mol. The molecule has 1 rings (SSSR count). The number of carbonyl (C=O) groups is 2. The summed E-state index contributed by atoms with van der Waals surface area (Å²) in [6, 6.07) is 1.90. The van der Waals surface area contributed by atoms with Gasteiger partial charge in [-0.1, -0.05) is 0 Å². The molecule has 0 aliphatic heterocycles. The van der Waals surface area contributed by atoms with Crippen molar-refractivity contribution >= 4 is 11.9 Å². The van der Waals surface area contributed by atoms with Crippen molar-refractivity contribution in [3.63, 3.8) is 0 Å². The van der Waals surface area contributed by atoms with Gasteiger partial charge in [0.25, 0.3) is 5.91 Å². The highest BCUT2D eigenvalue weighted by atomic mass is 16.4. The summed E-state index contributed by atoms with van der Waals surface area (Å²) in [7, 11) is 1.49. The van der Waals surface area contributed by atoms with E-state index in [0.717, 1.165) is 6.33 Å². The zero-order valence-corrected chi connectivity index (χ0v) is 8.60. The second kappa shape index (κ2) is 4.93. The van der Waals surface area contributed by atoms with Gasteiger partial charge in [-0.2, -0.15) is 5.26 Å². The Hall–Kier alpha value is -2.36. The molecular weight excluding hydrogens is 212 g/mol. The lowest BCUT2D eigenvalue weighted by Crippen LogP contribution is -2.29. The number of nitriles is 1. The van der Waals surface area contributed by atoms with E-state index >= 15 is 0 Å². The van der Waals surface area contributed by atoms with E-state index in [9.17, 15) is 9.59 Å². The van der Waals surface area contributed by atoms with Gasteiger partial charge >= 0.3 is 5.97 Å². The van der Waals surface area contributed by atoms with Gasteiger partial charge in [0, 0.05) is 13.6 Å². The number of hydrogen-bond donors (Lipinski definition) is 2. The molecule has 0 bridgehead atoms. The van der Waals surface area contributed by atoms with E-state index in [1.165, 1.54) is 11.9 Å². The molecule has 0 saturated heterocycles. The van der Waals surface area contributed by atoms with Crippen molar-refractivity contribution in [3.05, 3.63) is 17.7 Å². The van der Waals surface area contributed by atoms with E-state index in [1.807, 2.05) is 6.07 Å². The smallest absolute Gasteiger partial charge is 0.354 e. The number of aromatic carboxylic acids is 1. The largest absolute Gasteiger partial charge is 0.477 e. The summed E-state index contributed by atoms with van der Waals surface area (Å²) < 4.78 is 0. The van der Waals surface area contributed by atoms with Gasteiger partial charge < -0.3 is 15.0 Å². The fourth-order valence-corrected chi connectivity index (χ4v) is 1.12. The second-order valence-corrected chi connectivity index (χ2v) is 3.07. The van der Waals surface area contributed by atoms with Gasteiger partial charge in [-0.15, -0.1) is 0 Å². The summed E-state index contributed by atoms with van der Waals surface area (Å²) in [5, 5.41) is 17.1. The standard InChI is InChI=1S/C9H10N4O3/c1-13(4-2-3-10)8(14)6-7(9(15)16)12-5-11-6/h5H,2,4H2,1H3,(H,11,12)(H,15,16). The van der Waals surface area contributed by atoms with E-state index in [-0.39, 0.29) is 24.4 Å². The average molecular weight is 222 g/mol. The first kappa shape index (κ1) is 11.7. The first-order valence-electron chi connectivity index (χ1n) is 4.47. The van der Waals surface area contributed by atoms with Gasteiger partial charge in [0.15, 0.2) is 11.4 Å². The fraction of sp³-hybridized carbons (Fsp3) is 0.333. The molecule has 0 atom stereocenters. The van der Waals surface area contributed by atoms with Gasteiger partial charge in [0.05, 0.1) is 18.8 Å². The SMILES string of the molecule is CN(CCC#N)C(=O)c1nc[nH]c1C(=O)O. The molecule has 84 valence electrons. The quantitative estimate of drug-likeness (QED) is 0.750. The summed E-state index contributed by atoms with van der Waals surface area (Å²) in [6.07, 6.45) is 1.34. The molecule has 0 spiro atoms. The maximum absolute atomic E-state index is 11.7. The van der Waals surface area contributed by atoms with Gasteiger partial charge in [-0.25, -0.2) is 9.78 Å². The van der Waals surface area contributed by atoms with E-state index in [1.54, 1.807) is 0 Å². The highest BCUT2D eigenvalue weighted by Gasteiger charge is 2.22. The minimum Gasteiger partial charge on any atom is -0.477 e. The number of H-pyrrole nitrogens is 1. The number of aromatic amines is 1. The fourth-order valence-electron chi connectivity index (χ4n) is 1.12. The number of carbonyl (C=O) groups excluding carboxylic acids is 1. The van der Waals surface area contributed by atoms with Crippen LogP contribution in [0.1, 0.15) is 27.4 Å². The van der Waals surface area contributed by atoms with Crippen LogP contribution in [-0.2, 0) is 0 Å². The first-order chi connectivity index (χ1) is 7.57. The molecule has 1 aromatic rings. The Kier molecular flexibility index (Phi) is 3.61. The van der Waals surface area contributed by atoms with Crippen molar-refractivity contribution in [1.29, 1.82) is 5.26 Å². The zero-order chi connectivity index (χ0) is 12.1. The topological polar surface area (TPSA) is 110 Å². The maximum Gasteiger partial charge on any atom is 0.354 e. The Morgan fingerprint density at radius 1 is 1.69 bits per heavy atom. The third-order valence-electron chi connectivity index (χ3n) is 1.96. The molecule has 0 fully saturated rings. The average Bonchev–Trinajstić information content (AvgIpc) is 2.73. The molecule has 1 heterocycles. The summed E-state index contributed by atoms with van der Waals surface area (Å²) >= 11 is 0. The number of amides is 1. The Bertz CT molecular complexity index is 446. The van der Waals surface area contributed by atoms with Crippen LogP contribution < -0.4 is 0 Å². The summed E-state index contributed by atoms with van der Waals surface area (Å²) in [6.45, 7) is 0.237. The molecule has 7 heteroatoms. The Morgan fingerprint density at radius 3 is 2.94 bits per heavy atom. The molecule has 0 aliphatic carbocycles. The highest BCUT2D eigenvalue weighted by Crippen LogP contribution is 2.06. The van der Waals surface area contributed by atoms with Gasteiger partial charge in [-0.3, -0.25) is 4.79 Å². The predicted molar refractivity (Wildman–Crippen MR) is 52.7 cm³/mol. The molecule has 16 heavy (non-hydrogen) atoms. The third kappa shape index (κ3) is 2.36. The lowest BCUT2D eigenvalue weighted by Gasteiger charge is -2.13. The van der Waals surface area contributed by atoms with Crippen LogP contribution in [0, 0.1) is 11.3 Å². The van der Waals surface area contributed by atoms with Crippen molar-refractivity contribution in [2.24, 2.45) is 0 Å². The van der Waals surface area contributed by atoms with Gasteiger partial charge in [0.1, 0.15) is 0 Å². The number of imidazole rings is 1. The van der Waals surface area contributed by atoms with Crippen LogP contribution in [0.4, 0.5) is 0 Å². The van der Waals surface area contributed by atoms with Crippen LogP contribution in [0.3, 0.4) is 0 Å². The van der Waals surface area contributed by atoms with E-state index in [0.29, 0.717) is 0 Å². The molecule has 1 amide bonds. The third-order valence-corrected chi connectivity index (χ3v) is 1.96. The number of nitrogens with zero attached hydrogens (tertiary/aromatic N) is 3. The summed E-state index contributed by atoms with van der Waals surface area (Å²) in [5.74, 6) is -1.76. The van der Waals surface area contributed by atoms with Crippen LogP contribution in [0.25, 0.3) is 0 Å². The van der Waals surface area contributed by atoms with E-state index in [4.69, 9.17) is 10.4 Å². The Morgan fingerprint density at radius 2 is 2.38 bits per heavy atom. The molecular formula is C9H10N4O3. The summed E-state index contributed by atoms with van der Waals surface area (Å²) in [4.78, 5) is 29.7. The number of rotatable bonds is 4. The minimum atomic E-state index is -1.24. The van der Waals surface area contributed by atoms with Crippen LogP contribution in [0.2, 0.25) is 0 Å². The number of carboxylic acids is 1. The van der Waals surface area contributed by atoms with E-state index in [2.05, 4.69) is 9.97 Å². The molecule has 0 aromatic carbocycles. The first-order valence-corrected chi connectivity index (χ1v) is 4.47. The van der Waals surface area contributed by atoms with Crippen LogP contribution in [0.5, 0.6) is 0 Å².